The van der Waals surface area contributed by atoms with E-state index in [0.29, 0.717) is 0 Å². The van der Waals surface area contributed by atoms with Gasteiger partial charge < -0.3 is 10.6 Å². The SMILES string of the molecule is Cc1ccc2nc(-c3ccc(NC(=O)C4CCCN4)cc3)sc2c1. The molecule has 0 bridgehead atoms. The number of nitrogens with one attached hydrogen (secondary N) is 2. The number of hydrogen-bond donors (Lipinski definition) is 2. The van der Waals surface area contributed by atoms with Crippen molar-refractivity contribution in [3.8, 4) is 10.6 Å². The van der Waals surface area contributed by atoms with Crippen LogP contribution in [0.1, 0.15) is 18.4 Å². The molecule has 1 fully saturated rings. The maximum absolute atomic E-state index is 12.1. The van der Waals surface area contributed by atoms with E-state index in [1.807, 2.05) is 24.3 Å². The lowest BCUT2D eigenvalue weighted by atomic mass is 10.2. The molecule has 1 aliphatic rings. The summed E-state index contributed by atoms with van der Waals surface area (Å²) in [6.07, 6.45) is 1.98. The van der Waals surface area contributed by atoms with E-state index in [0.717, 1.165) is 41.2 Å². The molecule has 1 unspecified atom stereocenters. The highest BCUT2D eigenvalue weighted by Crippen LogP contribution is 2.31. The number of carbonyl (C=O) groups excluding carboxylic acids is 1. The van der Waals surface area contributed by atoms with E-state index < -0.39 is 0 Å². The van der Waals surface area contributed by atoms with Gasteiger partial charge in [-0.2, -0.15) is 0 Å². The van der Waals surface area contributed by atoms with Gasteiger partial charge in [-0.05, 0) is 68.3 Å². The first-order valence-corrected chi connectivity index (χ1v) is 9.02. The second-order valence-corrected chi connectivity index (χ2v) is 7.24. The second-order valence-electron chi connectivity index (χ2n) is 6.21. The first-order valence-electron chi connectivity index (χ1n) is 8.21. The Morgan fingerprint density at radius 2 is 2.08 bits per heavy atom. The summed E-state index contributed by atoms with van der Waals surface area (Å²) < 4.78 is 1.20. The number of rotatable bonds is 3. The number of amides is 1. The first kappa shape index (κ1) is 15.3. The lowest BCUT2D eigenvalue weighted by Gasteiger charge is -2.11. The fraction of sp³-hybridized carbons (Fsp3) is 0.263. The highest BCUT2D eigenvalue weighted by molar-refractivity contribution is 7.21. The predicted octanol–water partition coefficient (Wildman–Crippen LogP) is 3.96. The summed E-state index contributed by atoms with van der Waals surface area (Å²) in [4.78, 5) is 16.8. The number of aromatic nitrogens is 1. The summed E-state index contributed by atoms with van der Waals surface area (Å²) in [5.41, 5.74) is 4.18. The first-order chi connectivity index (χ1) is 11.7. The number of carbonyl (C=O) groups is 1. The Balaban J connectivity index is 1.53. The zero-order valence-corrected chi connectivity index (χ0v) is 14.3. The fourth-order valence-corrected chi connectivity index (χ4v) is 4.06. The van der Waals surface area contributed by atoms with Crippen LogP contribution in [0.3, 0.4) is 0 Å². The number of fused-ring (bicyclic) bond motifs is 1. The van der Waals surface area contributed by atoms with Crippen molar-refractivity contribution >= 4 is 33.1 Å². The zero-order chi connectivity index (χ0) is 16.5. The van der Waals surface area contributed by atoms with Gasteiger partial charge in [-0.25, -0.2) is 4.98 Å². The number of thiazole rings is 1. The average molecular weight is 337 g/mol. The van der Waals surface area contributed by atoms with E-state index in [1.165, 1.54) is 10.3 Å². The van der Waals surface area contributed by atoms with Crippen molar-refractivity contribution in [1.82, 2.24) is 10.3 Å². The molecule has 1 amide bonds. The third kappa shape index (κ3) is 3.05. The smallest absolute Gasteiger partial charge is 0.241 e. The highest BCUT2D eigenvalue weighted by atomic mass is 32.1. The molecule has 1 aromatic heterocycles. The minimum absolute atomic E-state index is 0.0516. The van der Waals surface area contributed by atoms with Gasteiger partial charge in [0.2, 0.25) is 5.91 Å². The molecule has 4 nitrogen and oxygen atoms in total. The summed E-state index contributed by atoms with van der Waals surface area (Å²) >= 11 is 1.70. The molecule has 3 aromatic rings. The fourth-order valence-electron chi connectivity index (χ4n) is 2.99. The second kappa shape index (κ2) is 6.34. The molecule has 1 saturated heterocycles. The number of nitrogens with zero attached hydrogens (tertiary/aromatic N) is 1. The average Bonchev–Trinajstić information content (AvgIpc) is 3.24. The van der Waals surface area contributed by atoms with Crippen LogP contribution < -0.4 is 10.6 Å². The molecule has 0 radical (unpaired) electrons. The monoisotopic (exact) mass is 337 g/mol. The molecule has 2 heterocycles. The lowest BCUT2D eigenvalue weighted by Crippen LogP contribution is -2.35. The lowest BCUT2D eigenvalue weighted by molar-refractivity contribution is -0.117. The maximum atomic E-state index is 12.1. The van der Waals surface area contributed by atoms with Gasteiger partial charge in [0.25, 0.3) is 0 Å². The predicted molar refractivity (Wildman–Crippen MR) is 99.4 cm³/mol. The van der Waals surface area contributed by atoms with Crippen LogP contribution in [0.15, 0.2) is 42.5 Å². The molecule has 2 aromatic carbocycles. The van der Waals surface area contributed by atoms with E-state index in [-0.39, 0.29) is 11.9 Å². The molecule has 0 saturated carbocycles. The normalized spacial score (nSPS) is 17.3. The summed E-state index contributed by atoms with van der Waals surface area (Å²) in [6.45, 7) is 3.02. The zero-order valence-electron chi connectivity index (χ0n) is 13.5. The van der Waals surface area contributed by atoms with Crippen LogP contribution >= 0.6 is 11.3 Å². The Kier molecular flexibility index (Phi) is 4.04. The van der Waals surface area contributed by atoms with Gasteiger partial charge in [0.05, 0.1) is 16.3 Å². The molecule has 24 heavy (non-hydrogen) atoms. The largest absolute Gasteiger partial charge is 0.325 e. The Morgan fingerprint density at radius 3 is 2.83 bits per heavy atom. The number of aryl methyl sites for hydroxylation is 1. The Hall–Kier alpha value is -2.24. The van der Waals surface area contributed by atoms with Crippen LogP contribution in [0.5, 0.6) is 0 Å². The molecular weight excluding hydrogens is 318 g/mol. The van der Waals surface area contributed by atoms with E-state index >= 15 is 0 Å². The number of anilines is 1. The van der Waals surface area contributed by atoms with Crippen molar-refractivity contribution in [3.05, 3.63) is 48.0 Å². The summed E-state index contributed by atoms with van der Waals surface area (Å²) in [5.74, 6) is 0.0516. The summed E-state index contributed by atoms with van der Waals surface area (Å²) in [7, 11) is 0. The van der Waals surface area contributed by atoms with Crippen LogP contribution in [-0.2, 0) is 4.79 Å². The Morgan fingerprint density at radius 1 is 1.25 bits per heavy atom. The van der Waals surface area contributed by atoms with Crippen molar-refractivity contribution in [2.45, 2.75) is 25.8 Å². The van der Waals surface area contributed by atoms with E-state index in [1.54, 1.807) is 11.3 Å². The molecular formula is C19H19N3OS. The van der Waals surface area contributed by atoms with Gasteiger partial charge in [0.1, 0.15) is 5.01 Å². The third-order valence-electron chi connectivity index (χ3n) is 4.32. The van der Waals surface area contributed by atoms with Gasteiger partial charge in [0.15, 0.2) is 0 Å². The Labute approximate surface area is 144 Å². The number of benzene rings is 2. The van der Waals surface area contributed by atoms with Crippen molar-refractivity contribution in [3.63, 3.8) is 0 Å². The molecule has 1 aliphatic heterocycles. The van der Waals surface area contributed by atoms with E-state index in [9.17, 15) is 4.79 Å². The van der Waals surface area contributed by atoms with Crippen LogP contribution in [0.2, 0.25) is 0 Å². The van der Waals surface area contributed by atoms with Gasteiger partial charge in [-0.3, -0.25) is 4.79 Å². The molecule has 1 atom stereocenters. The van der Waals surface area contributed by atoms with Gasteiger partial charge >= 0.3 is 0 Å². The topological polar surface area (TPSA) is 54.0 Å². The molecule has 4 rings (SSSR count). The minimum Gasteiger partial charge on any atom is -0.325 e. The van der Waals surface area contributed by atoms with Crippen molar-refractivity contribution in [2.75, 3.05) is 11.9 Å². The standard InChI is InChI=1S/C19H19N3OS/c1-12-4-9-15-17(11-12)24-19(22-15)13-5-7-14(8-6-13)21-18(23)16-3-2-10-20-16/h4-9,11,16,20H,2-3,10H2,1H3,(H,21,23). The van der Waals surface area contributed by atoms with Crippen LogP contribution in [0, 0.1) is 6.92 Å². The van der Waals surface area contributed by atoms with Gasteiger partial charge in [0, 0.05) is 11.3 Å². The van der Waals surface area contributed by atoms with Crippen molar-refractivity contribution in [2.24, 2.45) is 0 Å². The molecule has 122 valence electrons. The minimum atomic E-state index is -0.0582. The maximum Gasteiger partial charge on any atom is 0.241 e. The third-order valence-corrected chi connectivity index (χ3v) is 5.39. The Bertz CT molecular complexity index is 879. The highest BCUT2D eigenvalue weighted by Gasteiger charge is 2.21. The summed E-state index contributed by atoms with van der Waals surface area (Å²) in [5, 5.41) is 7.20. The van der Waals surface area contributed by atoms with Crippen molar-refractivity contribution < 1.29 is 4.79 Å². The quantitative estimate of drug-likeness (QED) is 0.760. The molecule has 0 aliphatic carbocycles. The summed E-state index contributed by atoms with van der Waals surface area (Å²) in [6, 6.07) is 14.2. The van der Waals surface area contributed by atoms with Gasteiger partial charge in [-0.15, -0.1) is 11.3 Å². The van der Waals surface area contributed by atoms with Crippen LogP contribution in [0.25, 0.3) is 20.8 Å². The molecule has 2 N–H and O–H groups in total. The van der Waals surface area contributed by atoms with Crippen molar-refractivity contribution in [1.29, 1.82) is 0 Å². The molecule has 0 spiro atoms. The van der Waals surface area contributed by atoms with E-state index in [2.05, 4.69) is 35.8 Å². The number of hydrogen-bond acceptors (Lipinski definition) is 4. The van der Waals surface area contributed by atoms with E-state index in [4.69, 9.17) is 4.98 Å². The van der Waals surface area contributed by atoms with Gasteiger partial charge in [-0.1, -0.05) is 6.07 Å². The van der Waals surface area contributed by atoms with Crippen LogP contribution in [0.4, 0.5) is 5.69 Å². The molecule has 5 heteroatoms. The van der Waals surface area contributed by atoms with Crippen LogP contribution in [-0.4, -0.2) is 23.5 Å².